The van der Waals surface area contributed by atoms with Gasteiger partial charge in [-0.25, -0.2) is 4.79 Å². The number of hydrogen-bond acceptors (Lipinski definition) is 13. The Hall–Kier alpha value is -5.29. The number of nitrogens with zero attached hydrogens (tertiary/aromatic N) is 1. The van der Waals surface area contributed by atoms with Gasteiger partial charge >= 0.3 is 5.97 Å². The molecule has 1 aromatic heterocycles. The van der Waals surface area contributed by atoms with Crippen molar-refractivity contribution in [3.05, 3.63) is 29.8 Å². The first-order chi connectivity index (χ1) is 27.7. The zero-order valence-corrected chi connectivity index (χ0v) is 33.5. The Balaban J connectivity index is 1.73. The van der Waals surface area contributed by atoms with E-state index < -0.39 is 126 Å². The quantitative estimate of drug-likeness (QED) is 0.132. The van der Waals surface area contributed by atoms with Crippen LogP contribution in [0.4, 0.5) is 0 Å². The Bertz CT molecular complexity index is 1990. The van der Waals surface area contributed by atoms with Crippen LogP contribution in [0, 0.1) is 5.92 Å². The fourth-order valence-electron chi connectivity index (χ4n) is 7.14. The first kappa shape index (κ1) is 44.8. The highest BCUT2D eigenvalue weighted by atomic mass is 32.2. The summed E-state index contributed by atoms with van der Waals surface area (Å²) in [7, 11) is 0. The number of aromatic nitrogens is 1. The third-order valence-corrected chi connectivity index (χ3v) is 11.6. The van der Waals surface area contributed by atoms with Gasteiger partial charge in [0.25, 0.3) is 0 Å². The van der Waals surface area contributed by atoms with E-state index in [-0.39, 0.29) is 25.1 Å². The molecule has 0 radical (unpaired) electrons. The van der Waals surface area contributed by atoms with Crippen LogP contribution in [-0.4, -0.2) is 162 Å². The Labute approximate surface area is 341 Å². The Morgan fingerprint density at radius 2 is 1.53 bits per heavy atom. The number of para-hydroxylation sites is 1. The molecule has 3 aliphatic rings. The summed E-state index contributed by atoms with van der Waals surface area (Å²) in [5.41, 5.74) is -0.960. The van der Waals surface area contributed by atoms with Crippen molar-refractivity contribution in [3.63, 3.8) is 0 Å². The molecule has 4 heterocycles. The van der Waals surface area contributed by atoms with E-state index in [1.165, 1.54) is 27.7 Å². The summed E-state index contributed by atoms with van der Waals surface area (Å²) in [5.74, 6) is -10.1. The number of aliphatic hydroxyl groups is 4. The minimum Gasteiger partial charge on any atom is -0.479 e. The molecule has 1 saturated heterocycles. The minimum absolute atomic E-state index is 0.259. The van der Waals surface area contributed by atoms with E-state index in [9.17, 15) is 63.9 Å². The molecule has 22 heteroatoms. The lowest BCUT2D eigenvalue weighted by atomic mass is 9.95. The summed E-state index contributed by atoms with van der Waals surface area (Å²) in [6.07, 6.45) is -4.92. The van der Waals surface area contributed by atoms with Crippen LogP contribution in [0.2, 0.25) is 0 Å². The van der Waals surface area contributed by atoms with Gasteiger partial charge in [-0.05, 0) is 31.4 Å². The molecule has 2 bridgehead atoms. The predicted molar refractivity (Wildman–Crippen MR) is 207 cm³/mol. The maximum atomic E-state index is 14.4. The van der Waals surface area contributed by atoms with Crippen LogP contribution in [0.25, 0.3) is 10.9 Å². The van der Waals surface area contributed by atoms with Crippen LogP contribution < -0.4 is 31.9 Å². The van der Waals surface area contributed by atoms with Crippen molar-refractivity contribution in [1.29, 1.82) is 0 Å². The fraction of sp³-hybridized carbons (Fsp3) is 0.568. The molecule has 7 amide bonds. The number of rotatable bonds is 6. The van der Waals surface area contributed by atoms with E-state index in [1.54, 1.807) is 24.3 Å². The third-order valence-electron chi connectivity index (χ3n) is 10.5. The van der Waals surface area contributed by atoms with E-state index in [4.69, 9.17) is 0 Å². The molecule has 3 aliphatic heterocycles. The number of aliphatic hydroxyl groups excluding tert-OH is 3. The zero-order chi connectivity index (χ0) is 43.5. The van der Waals surface area contributed by atoms with Gasteiger partial charge in [0.1, 0.15) is 42.3 Å². The largest absolute Gasteiger partial charge is 0.479 e. The SMILES string of the molecule is CC(C)[C@H]1NC(=O)[C@@H](C[C@](C)(O)CO)NC(=O)[C@H]2Cc3c([nH]c4ccccc34)SC[C@@H](NC(=O)[C@@H]([C@H](O)C(=O)O)NC1=O)C(=O)N1C[C@@H](O)C[C@H]1C(=O)N[C@@H](C)C(=O)N2. The number of H-pyrrole nitrogens is 1. The summed E-state index contributed by atoms with van der Waals surface area (Å²) < 4.78 is 0. The lowest BCUT2D eigenvalue weighted by Gasteiger charge is -2.32. The molecular formula is C37H50N8O13S. The number of fused-ring (bicyclic) bond motifs is 5. The van der Waals surface area contributed by atoms with Crippen molar-refractivity contribution in [3.8, 4) is 0 Å². The Morgan fingerprint density at radius 3 is 2.19 bits per heavy atom. The number of nitrogens with one attached hydrogen (secondary N) is 7. The van der Waals surface area contributed by atoms with Gasteiger partial charge in [-0.15, -0.1) is 11.8 Å². The number of carbonyl (C=O) groups excluding carboxylic acids is 7. The molecule has 21 nitrogen and oxygen atoms in total. The van der Waals surface area contributed by atoms with Gasteiger partial charge in [-0.1, -0.05) is 32.0 Å². The molecule has 0 aliphatic carbocycles. The molecule has 10 atom stereocenters. The van der Waals surface area contributed by atoms with E-state index >= 15 is 0 Å². The lowest BCUT2D eigenvalue weighted by Crippen LogP contribution is -2.64. The highest BCUT2D eigenvalue weighted by Gasteiger charge is 2.45. The number of amides is 7. The number of thioether (sulfide) groups is 1. The van der Waals surface area contributed by atoms with Gasteiger partial charge in [0.05, 0.1) is 23.3 Å². The number of carboxylic acids is 1. The molecule has 2 aromatic rings. The Kier molecular flexibility index (Phi) is 13.9. The van der Waals surface area contributed by atoms with Crippen molar-refractivity contribution in [2.24, 2.45) is 5.92 Å². The van der Waals surface area contributed by atoms with E-state index in [0.717, 1.165) is 16.7 Å². The summed E-state index contributed by atoms with van der Waals surface area (Å²) in [4.78, 5) is 114. The maximum Gasteiger partial charge on any atom is 0.335 e. The first-order valence-corrected chi connectivity index (χ1v) is 20.0. The molecule has 0 unspecified atom stereocenters. The van der Waals surface area contributed by atoms with Gasteiger partial charge in [-0.3, -0.25) is 33.6 Å². The average molecular weight is 847 g/mol. The number of carbonyl (C=O) groups is 8. The highest BCUT2D eigenvalue weighted by molar-refractivity contribution is 7.99. The molecule has 1 aromatic carbocycles. The zero-order valence-electron chi connectivity index (χ0n) is 32.7. The van der Waals surface area contributed by atoms with Crippen LogP contribution >= 0.6 is 11.8 Å². The maximum absolute atomic E-state index is 14.4. The average Bonchev–Trinajstić information content (AvgIpc) is 3.74. The Morgan fingerprint density at radius 1 is 0.881 bits per heavy atom. The van der Waals surface area contributed by atoms with Gasteiger partial charge in [0, 0.05) is 42.5 Å². The predicted octanol–water partition coefficient (Wildman–Crippen LogP) is -4.04. The molecular weight excluding hydrogens is 797 g/mol. The summed E-state index contributed by atoms with van der Waals surface area (Å²) in [6.45, 7) is 4.26. The second-order valence-corrected chi connectivity index (χ2v) is 16.7. The molecule has 0 spiro atoms. The molecule has 12 N–H and O–H groups in total. The number of aromatic amines is 1. The second-order valence-electron chi connectivity index (χ2n) is 15.7. The monoisotopic (exact) mass is 846 g/mol. The summed E-state index contributed by atoms with van der Waals surface area (Å²) in [5, 5.41) is 67.6. The minimum atomic E-state index is -2.58. The summed E-state index contributed by atoms with van der Waals surface area (Å²) in [6, 6.07) is -4.38. The van der Waals surface area contributed by atoms with Crippen LogP contribution in [0.5, 0.6) is 0 Å². The molecule has 59 heavy (non-hydrogen) atoms. The van der Waals surface area contributed by atoms with Crippen molar-refractivity contribution >= 4 is 70.0 Å². The fourth-order valence-corrected chi connectivity index (χ4v) is 8.25. The van der Waals surface area contributed by atoms with Crippen LogP contribution in [0.1, 0.15) is 46.1 Å². The first-order valence-electron chi connectivity index (χ1n) is 19.0. The number of carboxylic acid groups (broad SMARTS) is 1. The standard InChI is InChI=1S/C37H50N8O13S/c1-15(2)25-32(53)44-26(27(48)36(56)57)33(54)41-23-13-59-34-19(18-7-5-6-8-20(18)42-34)10-21(29(50)40-22(30(51)43-25)11-37(4,58)14-46)39-28(49)16(3)38-31(52)24-9-17(47)12-45(24)35(23)55/h5-8,15-17,21-27,42,46-48,58H,9-14H2,1-4H3,(H,38,52)(H,39,49)(H,40,50)(H,41,54)(H,43,51)(H,44,53)(H,56,57)/t16-,17-,21+,22+,23+,24-,25+,26+,27-,37-/m0/s1. The normalized spacial score (nSPS) is 29.5. The van der Waals surface area contributed by atoms with Crippen molar-refractivity contribution in [1.82, 2.24) is 41.8 Å². The number of hydrogen-bond donors (Lipinski definition) is 12. The second kappa shape index (κ2) is 18.3. The third kappa shape index (κ3) is 10.3. The topological polar surface area (TPSA) is 329 Å². The molecule has 322 valence electrons. The van der Waals surface area contributed by atoms with Gasteiger partial charge < -0.3 is 67.3 Å². The van der Waals surface area contributed by atoms with Gasteiger partial charge in [0.2, 0.25) is 41.4 Å². The number of aliphatic carboxylic acids is 1. The van der Waals surface area contributed by atoms with Crippen LogP contribution in [0.15, 0.2) is 29.3 Å². The lowest BCUT2D eigenvalue weighted by molar-refractivity contribution is -0.152. The number of benzene rings is 1. The van der Waals surface area contributed by atoms with Crippen LogP contribution in [-0.2, 0) is 44.8 Å². The van der Waals surface area contributed by atoms with Gasteiger partial charge in [0.15, 0.2) is 6.10 Å². The van der Waals surface area contributed by atoms with Crippen molar-refractivity contribution in [2.75, 3.05) is 18.9 Å². The van der Waals surface area contributed by atoms with E-state index in [1.807, 2.05) is 0 Å². The summed E-state index contributed by atoms with van der Waals surface area (Å²) >= 11 is 0.978. The molecule has 0 saturated carbocycles. The van der Waals surface area contributed by atoms with Crippen molar-refractivity contribution in [2.45, 2.75) is 112 Å². The molecule has 1 fully saturated rings. The van der Waals surface area contributed by atoms with E-state index in [2.05, 4.69) is 36.9 Å². The highest BCUT2D eigenvalue weighted by Crippen LogP contribution is 2.32. The van der Waals surface area contributed by atoms with Crippen molar-refractivity contribution < 1.29 is 63.9 Å². The smallest absolute Gasteiger partial charge is 0.335 e. The molecule has 5 rings (SSSR count). The van der Waals surface area contributed by atoms with E-state index in [0.29, 0.717) is 21.5 Å². The van der Waals surface area contributed by atoms with Gasteiger partial charge in [-0.2, -0.15) is 0 Å². The van der Waals surface area contributed by atoms with Crippen LogP contribution in [0.3, 0.4) is 0 Å².